The lowest BCUT2D eigenvalue weighted by molar-refractivity contribution is 0.428. The molecule has 0 aliphatic rings. The molecule has 0 radical (unpaired) electrons. The molecule has 0 aromatic rings. The maximum Gasteiger partial charge on any atom is 0.249 e. The minimum absolute atomic E-state index is 0.302. The van der Waals surface area contributed by atoms with Crippen LogP contribution in [0.3, 0.4) is 0 Å². The van der Waals surface area contributed by atoms with Crippen LogP contribution >= 0.6 is 0 Å². The Kier molecular flexibility index (Phi) is 5.53. The molecule has 0 N–H and O–H groups in total. The normalized spacial score (nSPS) is 14.5. The minimum atomic E-state index is -1.58. The highest BCUT2D eigenvalue weighted by Gasteiger charge is 2.37. The Morgan fingerprint density at radius 3 is 1.88 bits per heavy atom. The maximum absolute atomic E-state index is 5.98. The van der Waals surface area contributed by atoms with Gasteiger partial charge in [-0.3, -0.25) is 0 Å². The molecule has 16 heavy (non-hydrogen) atoms. The van der Waals surface area contributed by atoms with Gasteiger partial charge in [0.25, 0.3) is 0 Å². The lowest BCUT2D eigenvalue weighted by atomic mass is 10.2. The zero-order valence-corrected chi connectivity index (χ0v) is 14.5. The zero-order chi connectivity index (χ0) is 13.0. The molecule has 0 aliphatic carbocycles. The van der Waals surface area contributed by atoms with Crippen molar-refractivity contribution < 1.29 is 4.43 Å². The highest BCUT2D eigenvalue weighted by atomic mass is 28.4. The van der Waals surface area contributed by atoms with E-state index in [1.165, 1.54) is 12.5 Å². The molecule has 0 saturated carbocycles. The quantitative estimate of drug-likeness (QED) is 0.483. The summed E-state index contributed by atoms with van der Waals surface area (Å²) in [6.07, 6.45) is 5.33. The first-order chi connectivity index (χ1) is 6.96. The Balaban J connectivity index is 4.02. The molecule has 0 amide bonds. The lowest BCUT2D eigenvalue weighted by Gasteiger charge is -2.35. The zero-order valence-electron chi connectivity index (χ0n) is 12.5. The van der Waals surface area contributed by atoms with Crippen molar-refractivity contribution in [1.82, 2.24) is 0 Å². The average Bonchev–Trinajstić information content (AvgIpc) is 1.98. The van der Waals surface area contributed by atoms with E-state index in [0.29, 0.717) is 5.04 Å². The Labute approximate surface area is 104 Å². The number of hydrogen-bond acceptors (Lipinski definition) is 1. The van der Waals surface area contributed by atoms with Crippen LogP contribution in [0.4, 0.5) is 0 Å². The van der Waals surface area contributed by atoms with E-state index < -0.39 is 16.4 Å². The van der Waals surface area contributed by atoms with Gasteiger partial charge < -0.3 is 4.43 Å². The molecule has 1 nitrogen and oxygen atoms in total. The fourth-order valence-electron chi connectivity index (χ4n) is 0.979. The third kappa shape index (κ3) is 6.53. The summed E-state index contributed by atoms with van der Waals surface area (Å²) in [6, 6.07) is 1.35. The van der Waals surface area contributed by atoms with E-state index >= 15 is 0 Å². The first kappa shape index (κ1) is 16.0. The molecule has 0 unspecified atom stereocenters. The SMILES string of the molecule is CC(C)(C)[Si](C)(C)O/C=C/CC[Si](C)(C)C. The Bertz CT molecular complexity index is 231. The van der Waals surface area contributed by atoms with Crippen LogP contribution in [0.2, 0.25) is 43.8 Å². The predicted octanol–water partition coefficient (Wildman–Crippen LogP) is 5.25. The van der Waals surface area contributed by atoms with Gasteiger partial charge in [-0.2, -0.15) is 0 Å². The van der Waals surface area contributed by atoms with Crippen LogP contribution in [-0.4, -0.2) is 16.4 Å². The predicted molar refractivity (Wildman–Crippen MR) is 80.2 cm³/mol. The molecule has 0 saturated heterocycles. The minimum Gasteiger partial charge on any atom is -0.549 e. The van der Waals surface area contributed by atoms with E-state index in [0.717, 1.165) is 0 Å². The Morgan fingerprint density at radius 2 is 1.50 bits per heavy atom. The van der Waals surface area contributed by atoms with Crippen LogP contribution in [0.15, 0.2) is 12.3 Å². The van der Waals surface area contributed by atoms with E-state index in [2.05, 4.69) is 59.6 Å². The number of hydrogen-bond donors (Lipinski definition) is 0. The van der Waals surface area contributed by atoms with Crippen molar-refractivity contribution in [1.29, 1.82) is 0 Å². The smallest absolute Gasteiger partial charge is 0.249 e. The molecule has 0 bridgehead atoms. The Hall–Kier alpha value is -0.0262. The van der Waals surface area contributed by atoms with Crippen molar-refractivity contribution in [3.8, 4) is 0 Å². The van der Waals surface area contributed by atoms with E-state index in [9.17, 15) is 0 Å². The standard InChI is InChI=1S/C13H30OSi2/c1-13(2,3)16(7,8)14-11-9-10-12-15(4,5)6/h9,11H,10,12H2,1-8H3/b11-9+. The third-order valence-electron chi connectivity index (χ3n) is 3.33. The summed E-state index contributed by atoms with van der Waals surface area (Å²) in [6.45, 7) is 18.6. The van der Waals surface area contributed by atoms with Crippen molar-refractivity contribution in [2.24, 2.45) is 0 Å². The summed E-state index contributed by atoms with van der Waals surface area (Å²) in [4.78, 5) is 0. The second-order valence-corrected chi connectivity index (χ2v) is 17.7. The average molecular weight is 259 g/mol. The molecule has 0 heterocycles. The third-order valence-corrected chi connectivity index (χ3v) is 9.45. The van der Waals surface area contributed by atoms with Crippen LogP contribution in [0, 0.1) is 0 Å². The van der Waals surface area contributed by atoms with E-state index in [1.807, 2.05) is 6.26 Å². The fraction of sp³-hybridized carbons (Fsp3) is 0.846. The van der Waals surface area contributed by atoms with Gasteiger partial charge in [0, 0.05) is 8.07 Å². The van der Waals surface area contributed by atoms with Gasteiger partial charge in [-0.05, 0) is 24.6 Å². The second-order valence-electron chi connectivity index (χ2n) is 7.35. The lowest BCUT2D eigenvalue weighted by Crippen LogP contribution is -2.39. The topological polar surface area (TPSA) is 9.23 Å². The van der Waals surface area contributed by atoms with Crippen LogP contribution in [-0.2, 0) is 4.43 Å². The van der Waals surface area contributed by atoms with E-state index in [4.69, 9.17) is 4.43 Å². The van der Waals surface area contributed by atoms with Crippen LogP contribution < -0.4 is 0 Å². The largest absolute Gasteiger partial charge is 0.549 e. The molecule has 3 heteroatoms. The molecular weight excluding hydrogens is 228 g/mol. The first-order valence-electron chi connectivity index (χ1n) is 6.28. The fourth-order valence-corrected chi connectivity index (χ4v) is 2.80. The molecule has 0 fully saturated rings. The summed E-state index contributed by atoms with van der Waals surface area (Å²) >= 11 is 0. The van der Waals surface area contributed by atoms with Crippen molar-refractivity contribution in [3.63, 3.8) is 0 Å². The van der Waals surface area contributed by atoms with E-state index in [1.54, 1.807) is 0 Å². The monoisotopic (exact) mass is 258 g/mol. The van der Waals surface area contributed by atoms with Gasteiger partial charge in [0.05, 0.1) is 6.26 Å². The van der Waals surface area contributed by atoms with Crippen LogP contribution in [0.25, 0.3) is 0 Å². The summed E-state index contributed by atoms with van der Waals surface area (Å²) in [5.41, 5.74) is 0. The summed E-state index contributed by atoms with van der Waals surface area (Å²) in [5, 5.41) is 0.302. The molecule has 0 spiro atoms. The highest BCUT2D eigenvalue weighted by molar-refractivity contribution is 6.76. The van der Waals surface area contributed by atoms with Crippen molar-refractivity contribution >= 4 is 16.4 Å². The highest BCUT2D eigenvalue weighted by Crippen LogP contribution is 2.36. The Morgan fingerprint density at radius 1 is 1.00 bits per heavy atom. The number of allylic oxidation sites excluding steroid dienone is 1. The molecule has 0 aliphatic heterocycles. The van der Waals surface area contributed by atoms with Gasteiger partial charge in [-0.25, -0.2) is 0 Å². The molecule has 0 atom stereocenters. The molecule has 0 aromatic carbocycles. The van der Waals surface area contributed by atoms with Crippen LogP contribution in [0.1, 0.15) is 27.2 Å². The molecule has 0 rings (SSSR count). The summed E-state index contributed by atoms with van der Waals surface area (Å²) in [7, 11) is -2.46. The van der Waals surface area contributed by atoms with Crippen molar-refractivity contribution in [3.05, 3.63) is 12.3 Å². The van der Waals surface area contributed by atoms with Gasteiger partial charge in [0.1, 0.15) is 0 Å². The molecule has 0 aromatic heterocycles. The van der Waals surface area contributed by atoms with Gasteiger partial charge in [0.2, 0.25) is 8.32 Å². The van der Waals surface area contributed by atoms with Gasteiger partial charge in [0.15, 0.2) is 0 Å². The maximum atomic E-state index is 5.98. The molecular formula is C13H30OSi2. The van der Waals surface area contributed by atoms with Crippen molar-refractivity contribution in [2.45, 2.75) is 71.0 Å². The van der Waals surface area contributed by atoms with Crippen molar-refractivity contribution in [2.75, 3.05) is 0 Å². The first-order valence-corrected chi connectivity index (χ1v) is 12.9. The molecule has 96 valence electrons. The number of rotatable bonds is 5. The van der Waals surface area contributed by atoms with Gasteiger partial charge in [-0.1, -0.05) is 52.5 Å². The summed E-state index contributed by atoms with van der Waals surface area (Å²) < 4.78 is 5.98. The van der Waals surface area contributed by atoms with Gasteiger partial charge >= 0.3 is 0 Å². The van der Waals surface area contributed by atoms with E-state index in [-0.39, 0.29) is 0 Å². The van der Waals surface area contributed by atoms with Gasteiger partial charge in [-0.15, -0.1) is 0 Å². The van der Waals surface area contributed by atoms with Crippen LogP contribution in [0.5, 0.6) is 0 Å². The summed E-state index contributed by atoms with van der Waals surface area (Å²) in [5.74, 6) is 0. The second kappa shape index (κ2) is 5.54.